The fourth-order valence-electron chi connectivity index (χ4n) is 2.29. The molecule has 1 N–H and O–H groups in total. The van der Waals surface area contributed by atoms with E-state index in [1.165, 1.54) is 38.5 Å². The topological polar surface area (TPSA) is 89.9 Å². The average molecular weight is 358 g/mol. The van der Waals surface area contributed by atoms with Gasteiger partial charge in [0.15, 0.2) is 6.61 Å². The van der Waals surface area contributed by atoms with Crippen molar-refractivity contribution in [3.8, 4) is 5.75 Å². The highest BCUT2D eigenvalue weighted by atomic mass is 32.3. The van der Waals surface area contributed by atoms with E-state index < -0.39 is 23.0 Å². The fourth-order valence-corrected chi connectivity index (χ4v) is 2.54. The van der Waals surface area contributed by atoms with Crippen LogP contribution in [0.15, 0.2) is 24.3 Å². The third kappa shape index (κ3) is 10.4. The summed E-state index contributed by atoms with van der Waals surface area (Å²) in [6, 6.07) is 7.07. The van der Waals surface area contributed by atoms with E-state index in [4.69, 9.17) is 9.29 Å². The smallest absolute Gasteiger partial charge is 0.397 e. The van der Waals surface area contributed by atoms with Gasteiger partial charge in [0.25, 0.3) is 0 Å². The molecule has 0 spiro atoms. The molecule has 0 radical (unpaired) electrons. The molecule has 0 amide bonds. The van der Waals surface area contributed by atoms with Crippen LogP contribution in [0.4, 0.5) is 0 Å². The van der Waals surface area contributed by atoms with Gasteiger partial charge in [0.2, 0.25) is 0 Å². The molecule has 0 atom stereocenters. The Labute approximate surface area is 144 Å². The van der Waals surface area contributed by atoms with E-state index >= 15 is 0 Å². The number of aryl methyl sites for hydroxylation is 1. The molecule has 1 rings (SSSR count). The van der Waals surface area contributed by atoms with E-state index in [0.717, 1.165) is 18.4 Å². The summed E-state index contributed by atoms with van der Waals surface area (Å²) in [7, 11) is -4.64. The monoisotopic (exact) mass is 358 g/mol. The summed E-state index contributed by atoms with van der Waals surface area (Å²) in [5, 5.41) is 0. The zero-order valence-electron chi connectivity index (χ0n) is 14.1. The number of benzene rings is 1. The van der Waals surface area contributed by atoms with Gasteiger partial charge < -0.3 is 4.74 Å². The zero-order valence-corrected chi connectivity index (χ0v) is 14.9. The van der Waals surface area contributed by atoms with E-state index in [0.29, 0.717) is 5.75 Å². The van der Waals surface area contributed by atoms with E-state index in [1.807, 2.05) is 12.1 Å². The first kappa shape index (κ1) is 20.6. The Morgan fingerprint density at radius 1 is 1.00 bits per heavy atom. The minimum atomic E-state index is -4.64. The minimum absolute atomic E-state index is 0.308. The quantitative estimate of drug-likeness (QED) is 0.265. The molecule has 0 saturated heterocycles. The van der Waals surface area contributed by atoms with Crippen LogP contribution in [0, 0.1) is 0 Å². The highest BCUT2D eigenvalue weighted by Gasteiger charge is 2.11. The van der Waals surface area contributed by atoms with Gasteiger partial charge in [-0.05, 0) is 30.5 Å². The summed E-state index contributed by atoms with van der Waals surface area (Å²) in [6.07, 6.45) is 9.79. The predicted molar refractivity (Wildman–Crippen MR) is 91.3 cm³/mol. The SMILES string of the molecule is CCCCCCCCCc1ccc(OC(=O)COS(=O)(=O)O)cc1. The van der Waals surface area contributed by atoms with Crippen LogP contribution in [0.1, 0.15) is 57.4 Å². The molecule has 0 saturated carbocycles. The molecule has 0 aliphatic rings. The Hall–Kier alpha value is -1.44. The van der Waals surface area contributed by atoms with Crippen molar-refractivity contribution >= 4 is 16.4 Å². The summed E-state index contributed by atoms with van der Waals surface area (Å²) in [5.74, 6) is -0.588. The number of hydrogen-bond acceptors (Lipinski definition) is 5. The number of rotatable bonds is 12. The molecule has 0 bridgehead atoms. The molecule has 0 aliphatic carbocycles. The zero-order chi connectivity index (χ0) is 17.8. The molecule has 0 unspecified atom stereocenters. The van der Waals surface area contributed by atoms with E-state index in [2.05, 4.69) is 11.1 Å². The summed E-state index contributed by atoms with van der Waals surface area (Å²) >= 11 is 0. The first-order valence-electron chi connectivity index (χ1n) is 8.32. The second-order valence-electron chi connectivity index (χ2n) is 5.68. The molecule has 24 heavy (non-hydrogen) atoms. The van der Waals surface area contributed by atoms with E-state index in [-0.39, 0.29) is 0 Å². The van der Waals surface area contributed by atoms with E-state index in [9.17, 15) is 13.2 Å². The van der Waals surface area contributed by atoms with Gasteiger partial charge in [-0.1, -0.05) is 57.6 Å². The van der Waals surface area contributed by atoms with Crippen LogP contribution < -0.4 is 4.74 Å². The van der Waals surface area contributed by atoms with Crippen molar-refractivity contribution in [3.05, 3.63) is 29.8 Å². The highest BCUT2D eigenvalue weighted by molar-refractivity contribution is 7.80. The maximum Gasteiger partial charge on any atom is 0.397 e. The highest BCUT2D eigenvalue weighted by Crippen LogP contribution is 2.15. The summed E-state index contributed by atoms with van der Waals surface area (Å²) in [5.41, 5.74) is 1.16. The molecule has 0 aromatic heterocycles. The number of ether oxygens (including phenoxy) is 1. The number of carbonyl (C=O) groups is 1. The van der Waals surface area contributed by atoms with Crippen LogP contribution in [0.3, 0.4) is 0 Å². The van der Waals surface area contributed by atoms with Crippen LogP contribution in [0.5, 0.6) is 5.75 Å². The Morgan fingerprint density at radius 3 is 2.17 bits per heavy atom. The normalized spacial score (nSPS) is 11.4. The minimum Gasteiger partial charge on any atom is -0.425 e. The van der Waals surface area contributed by atoms with Gasteiger partial charge in [-0.25, -0.2) is 8.98 Å². The van der Waals surface area contributed by atoms with E-state index in [1.54, 1.807) is 12.1 Å². The lowest BCUT2D eigenvalue weighted by Gasteiger charge is -2.06. The molecule has 0 heterocycles. The molecule has 1 aromatic carbocycles. The fraction of sp³-hybridized carbons (Fsp3) is 0.588. The van der Waals surface area contributed by atoms with Crippen molar-refractivity contribution in [2.75, 3.05) is 6.61 Å². The second-order valence-corrected chi connectivity index (χ2v) is 6.77. The van der Waals surface area contributed by atoms with Crippen LogP contribution in [-0.4, -0.2) is 25.5 Å². The summed E-state index contributed by atoms with van der Waals surface area (Å²) in [4.78, 5) is 11.3. The van der Waals surface area contributed by atoms with Crippen molar-refractivity contribution < 1.29 is 26.7 Å². The molecular weight excluding hydrogens is 332 g/mol. The second kappa shape index (κ2) is 11.2. The lowest BCUT2D eigenvalue weighted by atomic mass is 10.0. The molecule has 0 aliphatic heterocycles. The third-order valence-corrected chi connectivity index (χ3v) is 3.97. The van der Waals surface area contributed by atoms with Crippen molar-refractivity contribution in [3.63, 3.8) is 0 Å². The number of esters is 1. The lowest BCUT2D eigenvalue weighted by Crippen LogP contribution is -2.18. The lowest BCUT2D eigenvalue weighted by molar-refractivity contribution is -0.136. The van der Waals surface area contributed by atoms with Gasteiger partial charge in [0, 0.05) is 0 Å². The van der Waals surface area contributed by atoms with Crippen LogP contribution in [0.25, 0.3) is 0 Å². The van der Waals surface area contributed by atoms with Gasteiger partial charge >= 0.3 is 16.4 Å². The van der Waals surface area contributed by atoms with Crippen LogP contribution in [-0.2, 0) is 25.8 Å². The van der Waals surface area contributed by atoms with Crippen molar-refractivity contribution in [2.24, 2.45) is 0 Å². The maximum atomic E-state index is 11.3. The maximum absolute atomic E-state index is 11.3. The van der Waals surface area contributed by atoms with Gasteiger partial charge in [-0.15, -0.1) is 0 Å². The van der Waals surface area contributed by atoms with Gasteiger partial charge in [0.1, 0.15) is 5.75 Å². The third-order valence-electron chi connectivity index (χ3n) is 3.55. The van der Waals surface area contributed by atoms with Gasteiger partial charge in [0.05, 0.1) is 0 Å². The van der Waals surface area contributed by atoms with Crippen molar-refractivity contribution in [1.82, 2.24) is 0 Å². The molecule has 136 valence electrons. The van der Waals surface area contributed by atoms with Gasteiger partial charge in [-0.2, -0.15) is 8.42 Å². The summed E-state index contributed by atoms with van der Waals surface area (Å²) in [6.45, 7) is 1.35. The van der Waals surface area contributed by atoms with Crippen LogP contribution >= 0.6 is 0 Å². The Morgan fingerprint density at radius 2 is 1.58 bits per heavy atom. The predicted octanol–water partition coefficient (Wildman–Crippen LogP) is 3.70. The number of hydrogen-bond donors (Lipinski definition) is 1. The Bertz CT molecular complexity index is 580. The Kier molecular flexibility index (Phi) is 9.59. The largest absolute Gasteiger partial charge is 0.425 e. The van der Waals surface area contributed by atoms with Crippen molar-refractivity contribution in [1.29, 1.82) is 0 Å². The molecule has 6 nitrogen and oxygen atoms in total. The molecular formula is C17H26O6S. The molecule has 1 aromatic rings. The van der Waals surface area contributed by atoms with Crippen LogP contribution in [0.2, 0.25) is 0 Å². The molecule has 7 heteroatoms. The average Bonchev–Trinajstić information content (AvgIpc) is 2.53. The summed E-state index contributed by atoms with van der Waals surface area (Å²) < 4.78 is 37.9. The van der Waals surface area contributed by atoms with Crippen molar-refractivity contribution in [2.45, 2.75) is 58.3 Å². The number of carbonyl (C=O) groups excluding carboxylic acids is 1. The first-order chi connectivity index (χ1) is 11.4. The Balaban J connectivity index is 2.24. The first-order valence-corrected chi connectivity index (χ1v) is 9.68. The number of unbranched alkanes of at least 4 members (excludes halogenated alkanes) is 6. The standard InChI is InChI=1S/C17H26O6S/c1-2-3-4-5-6-7-8-9-15-10-12-16(13-11-15)23-17(18)14-22-24(19,20)21/h10-13H,2-9,14H2,1H3,(H,19,20,21). The van der Waals surface area contributed by atoms with Gasteiger partial charge in [-0.3, -0.25) is 4.55 Å². The molecule has 0 fully saturated rings.